The third kappa shape index (κ3) is 6.44. The number of halogens is 2. The van der Waals surface area contributed by atoms with E-state index in [2.05, 4.69) is 52.3 Å². The molecule has 2 saturated heterocycles. The first-order valence-corrected chi connectivity index (χ1v) is 14.4. The summed E-state index contributed by atoms with van der Waals surface area (Å²) in [5.41, 5.74) is 1.03. The summed E-state index contributed by atoms with van der Waals surface area (Å²) in [6.07, 6.45) is 13.1. The van der Waals surface area contributed by atoms with Crippen molar-refractivity contribution >= 4 is 5.91 Å². The summed E-state index contributed by atoms with van der Waals surface area (Å²) < 4.78 is 29.7. The van der Waals surface area contributed by atoms with Crippen molar-refractivity contribution in [2.75, 3.05) is 6.54 Å². The number of hydrogen-bond donors (Lipinski definition) is 1. The molecule has 3 atom stereocenters. The molecule has 3 unspecified atom stereocenters. The van der Waals surface area contributed by atoms with Crippen molar-refractivity contribution in [1.29, 1.82) is 0 Å². The second-order valence-corrected chi connectivity index (χ2v) is 11.7. The van der Waals surface area contributed by atoms with Gasteiger partial charge in [0.05, 0.1) is 6.04 Å². The Balaban J connectivity index is 1.43. The molecule has 2 bridgehead atoms. The fraction of sp³-hybridized carbons (Fsp3) is 0.700. The second-order valence-electron chi connectivity index (χ2n) is 11.7. The zero-order chi connectivity index (χ0) is 27.4. The summed E-state index contributed by atoms with van der Waals surface area (Å²) in [4.78, 5) is 15.8. The Bertz CT molecular complexity index is 1020. The van der Waals surface area contributed by atoms with E-state index in [0.29, 0.717) is 24.0 Å². The monoisotopic (exact) mass is 529 g/mol. The van der Waals surface area contributed by atoms with E-state index in [9.17, 15) is 13.6 Å². The summed E-state index contributed by atoms with van der Waals surface area (Å²) in [7, 11) is 0. The van der Waals surface area contributed by atoms with Crippen LogP contribution in [0.5, 0.6) is 0 Å². The van der Waals surface area contributed by atoms with Crippen LogP contribution in [0.25, 0.3) is 0 Å². The Morgan fingerprint density at radius 3 is 2.37 bits per heavy atom. The average Bonchev–Trinajstić information content (AvgIpc) is 3.37. The van der Waals surface area contributed by atoms with Gasteiger partial charge in [0.2, 0.25) is 11.8 Å². The van der Waals surface area contributed by atoms with Gasteiger partial charge < -0.3 is 9.88 Å². The first-order valence-electron chi connectivity index (χ1n) is 14.4. The lowest BCUT2D eigenvalue weighted by Crippen LogP contribution is -2.47. The van der Waals surface area contributed by atoms with Gasteiger partial charge in [-0.25, -0.2) is 8.78 Å². The van der Waals surface area contributed by atoms with Gasteiger partial charge in [-0.05, 0) is 64.4 Å². The van der Waals surface area contributed by atoms with Gasteiger partial charge in [-0.15, -0.1) is 10.2 Å². The normalized spacial score (nSPS) is 27.2. The van der Waals surface area contributed by atoms with Gasteiger partial charge in [0.15, 0.2) is 0 Å². The standard InChI is InChI=1S/C30H45F2N5O/c1-6-8-9-22(7-2)27(33-29(38)23-12-15-30(31,32)16-13-23)14-17-36-24-10-11-25(36)19-26(18-24)37-21(5)34-35-28(37)20(3)4/h6-9,20,23-27H,1,10-19H2,2-5H3,(H,33,38). The molecule has 1 aromatic heterocycles. The molecule has 38 heavy (non-hydrogen) atoms. The number of allylic oxidation sites excluding steroid dienone is 3. The third-order valence-electron chi connectivity index (χ3n) is 8.87. The van der Waals surface area contributed by atoms with Gasteiger partial charge in [-0.1, -0.05) is 44.7 Å². The van der Waals surface area contributed by atoms with Crippen molar-refractivity contribution < 1.29 is 13.6 Å². The molecule has 1 saturated carbocycles. The van der Waals surface area contributed by atoms with Gasteiger partial charge >= 0.3 is 0 Å². The van der Waals surface area contributed by atoms with E-state index < -0.39 is 5.92 Å². The number of hydrogen-bond acceptors (Lipinski definition) is 4. The van der Waals surface area contributed by atoms with Crippen LogP contribution in [0, 0.1) is 12.8 Å². The van der Waals surface area contributed by atoms with E-state index in [0.717, 1.165) is 43.0 Å². The van der Waals surface area contributed by atoms with Gasteiger partial charge in [0, 0.05) is 49.3 Å². The summed E-state index contributed by atoms with van der Waals surface area (Å²) >= 11 is 0. The number of carbonyl (C=O) groups excluding carboxylic acids is 1. The van der Waals surface area contributed by atoms with Crippen molar-refractivity contribution in [2.45, 2.75) is 121 Å². The molecule has 6 nitrogen and oxygen atoms in total. The Kier molecular flexibility index (Phi) is 9.22. The fourth-order valence-corrected chi connectivity index (χ4v) is 6.84. The molecule has 1 N–H and O–H groups in total. The lowest BCUT2D eigenvalue weighted by Gasteiger charge is -2.41. The van der Waals surface area contributed by atoms with Crippen LogP contribution in [-0.4, -0.2) is 56.2 Å². The topological polar surface area (TPSA) is 63.1 Å². The van der Waals surface area contributed by atoms with E-state index in [1.807, 2.05) is 25.2 Å². The van der Waals surface area contributed by atoms with Crippen LogP contribution in [0.2, 0.25) is 0 Å². The van der Waals surface area contributed by atoms with E-state index in [-0.39, 0.29) is 43.6 Å². The SMILES string of the molecule is C=CC=CC(=CC)C(CCN1C2CCC1CC(n1c(C)nnc1C(C)C)C2)NC(=O)C1CCC(F)(F)CC1. The highest BCUT2D eigenvalue weighted by Gasteiger charge is 2.42. The maximum Gasteiger partial charge on any atom is 0.248 e. The number of rotatable bonds is 10. The van der Waals surface area contributed by atoms with Crippen LogP contribution in [0.15, 0.2) is 36.5 Å². The van der Waals surface area contributed by atoms with Crippen molar-refractivity contribution in [1.82, 2.24) is 25.0 Å². The zero-order valence-corrected chi connectivity index (χ0v) is 23.5. The molecule has 210 valence electrons. The van der Waals surface area contributed by atoms with E-state index in [4.69, 9.17) is 0 Å². The molecule has 1 aromatic rings. The van der Waals surface area contributed by atoms with Crippen LogP contribution >= 0.6 is 0 Å². The molecule has 4 rings (SSSR count). The summed E-state index contributed by atoms with van der Waals surface area (Å²) in [6, 6.07) is 1.29. The van der Waals surface area contributed by atoms with E-state index in [1.165, 1.54) is 12.8 Å². The highest BCUT2D eigenvalue weighted by Crippen LogP contribution is 2.42. The molecular formula is C30H45F2N5O. The van der Waals surface area contributed by atoms with Crippen LogP contribution in [0.1, 0.15) is 102 Å². The third-order valence-corrected chi connectivity index (χ3v) is 8.87. The maximum absolute atomic E-state index is 13.7. The molecule has 3 fully saturated rings. The van der Waals surface area contributed by atoms with Gasteiger partial charge in [-0.3, -0.25) is 9.69 Å². The summed E-state index contributed by atoms with van der Waals surface area (Å²) in [5, 5.41) is 12.1. The van der Waals surface area contributed by atoms with Crippen LogP contribution < -0.4 is 5.32 Å². The number of nitrogens with zero attached hydrogens (tertiary/aromatic N) is 4. The summed E-state index contributed by atoms with van der Waals surface area (Å²) in [6.45, 7) is 13.1. The number of nitrogens with one attached hydrogen (secondary N) is 1. The molecule has 2 aliphatic heterocycles. The second kappa shape index (κ2) is 12.2. The van der Waals surface area contributed by atoms with Crippen LogP contribution in [0.4, 0.5) is 8.78 Å². The van der Waals surface area contributed by atoms with E-state index in [1.54, 1.807) is 6.08 Å². The number of aromatic nitrogens is 3. The van der Waals surface area contributed by atoms with Crippen molar-refractivity contribution in [3.8, 4) is 0 Å². The first kappa shape index (κ1) is 28.7. The predicted molar refractivity (Wildman–Crippen MR) is 147 cm³/mol. The number of carbonyl (C=O) groups is 1. The van der Waals surface area contributed by atoms with Crippen LogP contribution in [-0.2, 0) is 4.79 Å². The minimum absolute atomic E-state index is 0.0946. The van der Waals surface area contributed by atoms with Crippen molar-refractivity contribution in [3.63, 3.8) is 0 Å². The smallest absolute Gasteiger partial charge is 0.248 e. The minimum atomic E-state index is -2.63. The Morgan fingerprint density at radius 1 is 1.13 bits per heavy atom. The summed E-state index contributed by atoms with van der Waals surface area (Å²) in [5.74, 6) is -0.647. The highest BCUT2D eigenvalue weighted by molar-refractivity contribution is 5.79. The highest BCUT2D eigenvalue weighted by atomic mass is 19.3. The average molecular weight is 530 g/mol. The number of amides is 1. The molecule has 3 heterocycles. The zero-order valence-electron chi connectivity index (χ0n) is 23.5. The maximum atomic E-state index is 13.7. The molecule has 0 spiro atoms. The lowest BCUT2D eigenvalue weighted by molar-refractivity contribution is -0.129. The molecule has 8 heteroatoms. The first-order chi connectivity index (χ1) is 18.1. The lowest BCUT2D eigenvalue weighted by atomic mass is 9.86. The quantitative estimate of drug-likeness (QED) is 0.363. The number of fused-ring (bicyclic) bond motifs is 2. The van der Waals surface area contributed by atoms with Crippen molar-refractivity contribution in [3.05, 3.63) is 48.1 Å². The predicted octanol–water partition coefficient (Wildman–Crippen LogP) is 6.27. The van der Waals surface area contributed by atoms with E-state index >= 15 is 0 Å². The largest absolute Gasteiger partial charge is 0.349 e. The Morgan fingerprint density at radius 2 is 1.79 bits per heavy atom. The number of piperidine rings is 1. The van der Waals surface area contributed by atoms with Gasteiger partial charge in [0.25, 0.3) is 0 Å². The van der Waals surface area contributed by atoms with Crippen LogP contribution in [0.3, 0.4) is 0 Å². The molecular weight excluding hydrogens is 484 g/mol. The van der Waals surface area contributed by atoms with Gasteiger partial charge in [0.1, 0.15) is 11.6 Å². The molecule has 0 aromatic carbocycles. The van der Waals surface area contributed by atoms with Crippen molar-refractivity contribution in [2.24, 2.45) is 5.92 Å². The molecule has 3 aliphatic rings. The molecule has 0 radical (unpaired) electrons. The minimum Gasteiger partial charge on any atom is -0.349 e. The number of aryl methyl sites for hydroxylation is 1. The molecule has 1 amide bonds. The van der Waals surface area contributed by atoms with Gasteiger partial charge in [-0.2, -0.15) is 0 Å². The number of alkyl halides is 2. The Labute approximate surface area is 226 Å². The molecule has 1 aliphatic carbocycles. The Hall–Kier alpha value is -2.35. The fourth-order valence-electron chi connectivity index (χ4n) is 6.84.